The van der Waals surface area contributed by atoms with E-state index in [9.17, 15) is 35.9 Å². The lowest BCUT2D eigenvalue weighted by atomic mass is 10.0. The van der Waals surface area contributed by atoms with E-state index in [1.807, 2.05) is 6.92 Å². The van der Waals surface area contributed by atoms with Crippen molar-refractivity contribution < 1.29 is 35.9 Å². The number of benzene rings is 1. The smallest absolute Gasteiger partial charge is 0.382 e. The maximum atomic E-state index is 13.4. The van der Waals surface area contributed by atoms with E-state index in [1.54, 1.807) is 6.20 Å². The third kappa shape index (κ3) is 5.26. The molecule has 37 heavy (non-hydrogen) atoms. The van der Waals surface area contributed by atoms with E-state index in [2.05, 4.69) is 4.98 Å². The second kappa shape index (κ2) is 9.69. The van der Waals surface area contributed by atoms with Crippen LogP contribution in [0.25, 0.3) is 5.69 Å². The number of hydrogen-bond donors (Lipinski definition) is 0. The highest BCUT2D eigenvalue weighted by Gasteiger charge is 2.38. The van der Waals surface area contributed by atoms with Crippen LogP contribution >= 0.6 is 0 Å². The average molecular weight is 528 g/mol. The molecule has 1 aliphatic rings. The molecule has 1 aliphatic heterocycles. The summed E-state index contributed by atoms with van der Waals surface area (Å²) in [4.78, 5) is 31.9. The largest absolute Gasteiger partial charge is 0.416 e. The van der Waals surface area contributed by atoms with Gasteiger partial charge >= 0.3 is 12.4 Å². The van der Waals surface area contributed by atoms with Gasteiger partial charge in [-0.15, -0.1) is 0 Å². The molecule has 3 heterocycles. The van der Waals surface area contributed by atoms with Gasteiger partial charge in [-0.3, -0.25) is 14.2 Å². The van der Waals surface area contributed by atoms with E-state index < -0.39 is 47.5 Å². The predicted octanol–water partition coefficient (Wildman–Crippen LogP) is 4.31. The number of rotatable bonds is 6. The highest BCUT2D eigenvalue weighted by Crippen LogP contribution is 2.37. The topological polar surface area (TPSA) is 69.4 Å². The summed E-state index contributed by atoms with van der Waals surface area (Å²) in [5, 5.41) is 0. The van der Waals surface area contributed by atoms with E-state index in [0.717, 1.165) is 10.6 Å². The lowest BCUT2D eigenvalue weighted by Crippen LogP contribution is -2.52. The number of halogens is 6. The first-order valence-corrected chi connectivity index (χ1v) is 11.2. The Bertz CT molecular complexity index is 1340. The van der Waals surface area contributed by atoms with Crippen molar-refractivity contribution in [1.82, 2.24) is 19.0 Å². The van der Waals surface area contributed by atoms with Crippen molar-refractivity contribution in [2.75, 3.05) is 13.7 Å². The van der Waals surface area contributed by atoms with Crippen molar-refractivity contribution in [3.8, 4) is 5.69 Å². The molecule has 0 N–H and O–H groups in total. The van der Waals surface area contributed by atoms with Gasteiger partial charge in [0.05, 0.1) is 35.8 Å². The number of imidazole rings is 1. The molecule has 0 saturated heterocycles. The molecule has 0 bridgehead atoms. The van der Waals surface area contributed by atoms with Gasteiger partial charge in [0.2, 0.25) is 0 Å². The van der Waals surface area contributed by atoms with Gasteiger partial charge in [-0.1, -0.05) is 6.92 Å². The van der Waals surface area contributed by atoms with E-state index in [-0.39, 0.29) is 36.2 Å². The third-order valence-corrected chi connectivity index (χ3v) is 6.10. The molecule has 4 rings (SSSR count). The molecule has 3 aromatic rings. The minimum atomic E-state index is -5.02. The molecule has 1 unspecified atom stereocenters. The lowest BCUT2D eigenvalue weighted by Gasteiger charge is -2.37. The molecule has 198 valence electrons. The summed E-state index contributed by atoms with van der Waals surface area (Å²) < 4.78 is 87.8. The van der Waals surface area contributed by atoms with Crippen LogP contribution in [0.2, 0.25) is 0 Å². The van der Waals surface area contributed by atoms with Crippen LogP contribution in [-0.4, -0.2) is 44.7 Å². The van der Waals surface area contributed by atoms with Crippen molar-refractivity contribution >= 4 is 5.91 Å². The molecule has 2 aromatic heterocycles. The van der Waals surface area contributed by atoms with Crippen LogP contribution in [-0.2, 0) is 36.6 Å². The Morgan fingerprint density at radius 3 is 2.22 bits per heavy atom. The molecule has 0 fully saturated rings. The van der Waals surface area contributed by atoms with Crippen LogP contribution in [0, 0.1) is 0 Å². The molecule has 0 radical (unpaired) electrons. The number of aryl methyl sites for hydroxylation is 1. The first-order chi connectivity index (χ1) is 17.3. The molecule has 7 nitrogen and oxygen atoms in total. The van der Waals surface area contributed by atoms with Gasteiger partial charge in [-0.25, -0.2) is 4.98 Å². The Kier molecular flexibility index (Phi) is 6.93. The van der Waals surface area contributed by atoms with Crippen molar-refractivity contribution in [2.24, 2.45) is 0 Å². The highest BCUT2D eigenvalue weighted by molar-refractivity contribution is 5.93. The normalized spacial score (nSPS) is 16.3. The minimum absolute atomic E-state index is 0.0324. The summed E-state index contributed by atoms with van der Waals surface area (Å²) in [5.74, 6) is -0.720. The summed E-state index contributed by atoms with van der Waals surface area (Å²) in [6.45, 7) is 1.19. The van der Waals surface area contributed by atoms with Gasteiger partial charge < -0.3 is 14.2 Å². The van der Waals surface area contributed by atoms with Gasteiger partial charge in [0, 0.05) is 26.4 Å². The lowest BCUT2D eigenvalue weighted by molar-refractivity contribution is -0.143. The number of nitrogens with zero attached hydrogens (tertiary/aromatic N) is 4. The number of alkyl halides is 6. The van der Waals surface area contributed by atoms with Crippen LogP contribution in [0.1, 0.15) is 39.8 Å². The van der Waals surface area contributed by atoms with Crippen LogP contribution in [0.5, 0.6) is 0 Å². The van der Waals surface area contributed by atoms with Crippen molar-refractivity contribution in [2.45, 2.75) is 44.8 Å². The third-order valence-electron chi connectivity index (χ3n) is 6.10. The fourth-order valence-electron chi connectivity index (χ4n) is 4.27. The number of amides is 1. The van der Waals surface area contributed by atoms with Crippen LogP contribution in [0.4, 0.5) is 26.3 Å². The number of methoxy groups -OCH3 is 1. The number of carbonyl (C=O) groups is 1. The van der Waals surface area contributed by atoms with Gasteiger partial charge in [0.15, 0.2) is 0 Å². The average Bonchev–Trinajstić information content (AvgIpc) is 3.30. The number of hydrogen-bond acceptors (Lipinski definition) is 4. The molecule has 13 heteroatoms. The quantitative estimate of drug-likeness (QED) is 0.448. The van der Waals surface area contributed by atoms with Crippen LogP contribution < -0.4 is 5.56 Å². The monoisotopic (exact) mass is 528 g/mol. The Morgan fingerprint density at radius 1 is 1.03 bits per heavy atom. The van der Waals surface area contributed by atoms with E-state index >= 15 is 0 Å². The second-order valence-corrected chi connectivity index (χ2v) is 8.60. The Labute approximate surface area is 206 Å². The summed E-state index contributed by atoms with van der Waals surface area (Å²) in [7, 11) is 1.33. The van der Waals surface area contributed by atoms with Crippen molar-refractivity contribution in [1.29, 1.82) is 0 Å². The zero-order chi connectivity index (χ0) is 27.1. The van der Waals surface area contributed by atoms with Crippen molar-refractivity contribution in [3.05, 3.63) is 81.3 Å². The molecule has 1 aromatic carbocycles. The maximum absolute atomic E-state index is 13.4. The van der Waals surface area contributed by atoms with E-state index in [4.69, 9.17) is 4.74 Å². The van der Waals surface area contributed by atoms with E-state index in [1.165, 1.54) is 34.7 Å². The molecule has 1 atom stereocenters. The zero-order valence-corrected chi connectivity index (χ0v) is 19.7. The second-order valence-electron chi connectivity index (χ2n) is 8.60. The SMILES string of the molecule is CCc1cn(-c2ccc3n(c2=O)CC(COC)N(Cc2cc(C(F)(F)F)cc(C(F)(F)F)c2)C3=O)cn1. The van der Waals surface area contributed by atoms with Gasteiger partial charge in [0.25, 0.3) is 11.5 Å². The number of aromatic nitrogens is 3. The van der Waals surface area contributed by atoms with Gasteiger partial charge in [0.1, 0.15) is 11.4 Å². The molecule has 1 amide bonds. The standard InChI is InChI=1S/C24H22F6N4O3/c1-3-17-10-32(13-31-17)19-4-5-20-22(36)33(18(12-37-2)11-34(20)21(19)35)9-14-6-15(23(25,26)27)8-16(7-14)24(28,29)30/h4-8,10,13,18H,3,9,11-12H2,1-2H3. The fourth-order valence-corrected chi connectivity index (χ4v) is 4.27. The van der Waals surface area contributed by atoms with Gasteiger partial charge in [-0.05, 0) is 42.3 Å². The Hall–Kier alpha value is -3.61. The van der Waals surface area contributed by atoms with Gasteiger partial charge in [-0.2, -0.15) is 26.3 Å². The Morgan fingerprint density at radius 2 is 1.68 bits per heavy atom. The summed E-state index contributed by atoms with van der Waals surface area (Å²) >= 11 is 0. The number of ether oxygens (including phenoxy) is 1. The van der Waals surface area contributed by atoms with E-state index in [0.29, 0.717) is 18.6 Å². The highest BCUT2D eigenvalue weighted by atomic mass is 19.4. The Balaban J connectivity index is 1.74. The molecule has 0 saturated carbocycles. The molecule has 0 aliphatic carbocycles. The summed E-state index contributed by atoms with van der Waals surface area (Å²) in [6, 6.07) is 3.20. The number of fused-ring (bicyclic) bond motifs is 1. The first-order valence-electron chi connectivity index (χ1n) is 11.2. The van der Waals surface area contributed by atoms with Crippen LogP contribution in [0.15, 0.2) is 47.7 Å². The first kappa shape index (κ1) is 26.5. The molecule has 0 spiro atoms. The summed E-state index contributed by atoms with van der Waals surface area (Å²) in [6.07, 6.45) is -6.24. The van der Waals surface area contributed by atoms with Crippen molar-refractivity contribution in [3.63, 3.8) is 0 Å². The molecular weight excluding hydrogens is 506 g/mol. The predicted molar refractivity (Wildman–Crippen MR) is 119 cm³/mol. The van der Waals surface area contributed by atoms with Crippen LogP contribution in [0.3, 0.4) is 0 Å². The fraction of sp³-hybridized carbons (Fsp3) is 0.375. The maximum Gasteiger partial charge on any atom is 0.416 e. The molecular formula is C24H22F6N4O3. The minimum Gasteiger partial charge on any atom is -0.382 e. The number of pyridine rings is 1. The summed E-state index contributed by atoms with van der Waals surface area (Å²) in [5.41, 5.74) is -2.85. The zero-order valence-electron chi connectivity index (χ0n) is 19.7. The number of carbonyl (C=O) groups excluding carboxylic acids is 1.